The molecule has 0 saturated heterocycles. The molecule has 0 fully saturated rings. The van der Waals surface area contributed by atoms with Gasteiger partial charge in [0, 0.05) is 10.2 Å². The van der Waals surface area contributed by atoms with Crippen molar-refractivity contribution in [3.8, 4) is 0 Å². The molecule has 1 amide bonds. The van der Waals surface area contributed by atoms with E-state index in [9.17, 15) is 18.0 Å². The lowest BCUT2D eigenvalue weighted by Crippen LogP contribution is -2.14. The van der Waals surface area contributed by atoms with E-state index in [1.54, 1.807) is 12.1 Å². The highest BCUT2D eigenvalue weighted by atomic mass is 79.9. The zero-order valence-corrected chi connectivity index (χ0v) is 11.5. The summed E-state index contributed by atoms with van der Waals surface area (Å²) in [4.78, 5) is 12.0. The van der Waals surface area contributed by atoms with E-state index in [0.29, 0.717) is 10.2 Å². The van der Waals surface area contributed by atoms with Crippen LogP contribution in [-0.2, 0) is 0 Å². The SMILES string of the molecule is Nc1ccc(Br)c(C(=O)Nc2ccc(F)c(F)c2F)c1. The van der Waals surface area contributed by atoms with E-state index < -0.39 is 29.0 Å². The zero-order valence-electron chi connectivity index (χ0n) is 9.88. The topological polar surface area (TPSA) is 55.1 Å². The third-order valence-corrected chi connectivity index (χ3v) is 3.21. The van der Waals surface area contributed by atoms with Crippen LogP contribution in [0.15, 0.2) is 34.8 Å². The summed E-state index contributed by atoms with van der Waals surface area (Å²) in [5, 5.41) is 2.16. The minimum atomic E-state index is -1.64. The molecule has 7 heteroatoms. The molecule has 0 unspecified atom stereocenters. The Hall–Kier alpha value is -2.02. The number of nitrogens with one attached hydrogen (secondary N) is 1. The van der Waals surface area contributed by atoms with E-state index in [1.807, 2.05) is 0 Å². The largest absolute Gasteiger partial charge is 0.399 e. The number of carbonyl (C=O) groups excluding carboxylic acids is 1. The number of hydrogen-bond donors (Lipinski definition) is 2. The molecule has 0 heterocycles. The normalized spacial score (nSPS) is 10.4. The molecule has 0 bridgehead atoms. The highest BCUT2D eigenvalue weighted by Crippen LogP contribution is 2.23. The zero-order chi connectivity index (χ0) is 14.9. The molecule has 0 aromatic heterocycles. The second kappa shape index (κ2) is 5.54. The summed E-state index contributed by atoms with van der Waals surface area (Å²) in [5.74, 6) is -5.13. The molecule has 0 saturated carbocycles. The van der Waals surface area contributed by atoms with Crippen molar-refractivity contribution in [1.82, 2.24) is 0 Å². The summed E-state index contributed by atoms with van der Waals surface area (Å²) in [6.45, 7) is 0. The average molecular weight is 345 g/mol. The molecule has 3 N–H and O–H groups in total. The molecule has 0 radical (unpaired) electrons. The van der Waals surface area contributed by atoms with Gasteiger partial charge in [-0.1, -0.05) is 0 Å². The Balaban J connectivity index is 2.33. The highest BCUT2D eigenvalue weighted by molar-refractivity contribution is 9.10. The summed E-state index contributed by atoms with van der Waals surface area (Å²) in [6, 6.07) is 6.15. The lowest BCUT2D eigenvalue weighted by molar-refractivity contribution is 0.102. The maximum Gasteiger partial charge on any atom is 0.256 e. The molecule has 3 nitrogen and oxygen atoms in total. The van der Waals surface area contributed by atoms with Crippen LogP contribution in [-0.4, -0.2) is 5.91 Å². The van der Waals surface area contributed by atoms with Gasteiger partial charge in [-0.2, -0.15) is 0 Å². The minimum Gasteiger partial charge on any atom is -0.399 e. The molecule has 104 valence electrons. The molecule has 0 aliphatic heterocycles. The lowest BCUT2D eigenvalue weighted by Gasteiger charge is -2.09. The molecule has 2 aromatic rings. The average Bonchev–Trinajstić information content (AvgIpc) is 2.42. The van der Waals surface area contributed by atoms with Gasteiger partial charge in [-0.3, -0.25) is 4.79 Å². The number of anilines is 2. The summed E-state index contributed by atoms with van der Waals surface area (Å²) in [7, 11) is 0. The fraction of sp³-hybridized carbons (Fsp3) is 0. The van der Waals surface area contributed by atoms with E-state index in [4.69, 9.17) is 5.73 Å². The smallest absolute Gasteiger partial charge is 0.256 e. The van der Waals surface area contributed by atoms with Crippen LogP contribution >= 0.6 is 15.9 Å². The number of rotatable bonds is 2. The van der Waals surface area contributed by atoms with Crippen LogP contribution in [0.25, 0.3) is 0 Å². The van der Waals surface area contributed by atoms with Gasteiger partial charge in [0.2, 0.25) is 0 Å². The Labute approximate surface area is 120 Å². The first-order valence-corrected chi connectivity index (χ1v) is 6.19. The Kier molecular flexibility index (Phi) is 3.99. The fourth-order valence-electron chi connectivity index (χ4n) is 1.53. The summed E-state index contributed by atoms with van der Waals surface area (Å²) in [6.07, 6.45) is 0. The monoisotopic (exact) mass is 344 g/mol. The van der Waals surface area contributed by atoms with Gasteiger partial charge in [-0.05, 0) is 46.3 Å². The molecule has 0 aliphatic rings. The summed E-state index contributed by atoms with van der Waals surface area (Å²) in [5.41, 5.74) is 5.58. The maximum absolute atomic E-state index is 13.5. The van der Waals surface area contributed by atoms with Crippen LogP contribution in [0.1, 0.15) is 10.4 Å². The second-order valence-corrected chi connectivity index (χ2v) is 4.77. The van der Waals surface area contributed by atoms with Crippen molar-refractivity contribution in [3.63, 3.8) is 0 Å². The van der Waals surface area contributed by atoms with E-state index in [2.05, 4.69) is 21.2 Å². The molecule has 0 aliphatic carbocycles. The van der Waals surface area contributed by atoms with E-state index >= 15 is 0 Å². The van der Waals surface area contributed by atoms with Crippen LogP contribution in [0, 0.1) is 17.5 Å². The molecular formula is C13H8BrF3N2O. The van der Waals surface area contributed by atoms with Crippen molar-refractivity contribution in [2.45, 2.75) is 0 Å². The van der Waals surface area contributed by atoms with Gasteiger partial charge in [-0.25, -0.2) is 13.2 Å². The maximum atomic E-state index is 13.5. The van der Waals surface area contributed by atoms with Crippen LogP contribution < -0.4 is 11.1 Å². The molecule has 0 spiro atoms. The van der Waals surface area contributed by atoms with Gasteiger partial charge in [0.15, 0.2) is 17.5 Å². The summed E-state index contributed by atoms with van der Waals surface area (Å²) >= 11 is 3.14. The number of halogens is 4. The van der Waals surface area contributed by atoms with Crippen molar-refractivity contribution in [3.05, 3.63) is 57.8 Å². The number of carbonyl (C=O) groups is 1. The Morgan fingerprint density at radius 3 is 2.50 bits per heavy atom. The first kappa shape index (κ1) is 14.4. The first-order chi connectivity index (χ1) is 9.40. The molecular weight excluding hydrogens is 337 g/mol. The van der Waals surface area contributed by atoms with E-state index in [1.165, 1.54) is 6.07 Å². The van der Waals surface area contributed by atoms with Crippen LogP contribution in [0.3, 0.4) is 0 Å². The van der Waals surface area contributed by atoms with Gasteiger partial charge in [-0.15, -0.1) is 0 Å². The second-order valence-electron chi connectivity index (χ2n) is 3.92. The van der Waals surface area contributed by atoms with E-state index in [0.717, 1.165) is 12.1 Å². The highest BCUT2D eigenvalue weighted by Gasteiger charge is 2.17. The van der Waals surface area contributed by atoms with Gasteiger partial charge < -0.3 is 11.1 Å². The molecule has 2 aromatic carbocycles. The standard InChI is InChI=1S/C13H8BrF3N2O/c14-8-2-1-6(18)5-7(8)13(20)19-10-4-3-9(15)11(16)12(10)17/h1-5H,18H2,(H,19,20). The van der Waals surface area contributed by atoms with Crippen molar-refractivity contribution < 1.29 is 18.0 Å². The van der Waals surface area contributed by atoms with Crippen molar-refractivity contribution in [1.29, 1.82) is 0 Å². The predicted octanol–water partition coefficient (Wildman–Crippen LogP) is 3.70. The van der Waals surface area contributed by atoms with Crippen LogP contribution in [0.4, 0.5) is 24.5 Å². The number of benzene rings is 2. The minimum absolute atomic E-state index is 0.147. The Bertz CT molecular complexity index is 692. The van der Waals surface area contributed by atoms with Crippen molar-refractivity contribution >= 4 is 33.2 Å². The van der Waals surface area contributed by atoms with Crippen molar-refractivity contribution in [2.75, 3.05) is 11.1 Å². The van der Waals surface area contributed by atoms with Crippen LogP contribution in [0.2, 0.25) is 0 Å². The Morgan fingerprint density at radius 1 is 1.10 bits per heavy atom. The van der Waals surface area contributed by atoms with E-state index in [-0.39, 0.29) is 5.56 Å². The number of nitrogens with two attached hydrogens (primary N) is 1. The lowest BCUT2D eigenvalue weighted by atomic mass is 10.2. The predicted molar refractivity (Wildman–Crippen MR) is 72.8 cm³/mol. The third-order valence-electron chi connectivity index (χ3n) is 2.52. The fourth-order valence-corrected chi connectivity index (χ4v) is 1.96. The first-order valence-electron chi connectivity index (χ1n) is 5.40. The van der Waals surface area contributed by atoms with Gasteiger partial charge in [0.05, 0.1) is 11.3 Å². The number of nitrogen functional groups attached to an aromatic ring is 1. The van der Waals surface area contributed by atoms with Crippen molar-refractivity contribution in [2.24, 2.45) is 0 Å². The van der Waals surface area contributed by atoms with Gasteiger partial charge >= 0.3 is 0 Å². The molecule has 20 heavy (non-hydrogen) atoms. The van der Waals surface area contributed by atoms with Crippen LogP contribution in [0.5, 0.6) is 0 Å². The van der Waals surface area contributed by atoms with Gasteiger partial charge in [0.25, 0.3) is 5.91 Å². The van der Waals surface area contributed by atoms with Gasteiger partial charge in [0.1, 0.15) is 0 Å². The molecule has 2 rings (SSSR count). The summed E-state index contributed by atoms with van der Waals surface area (Å²) < 4.78 is 39.7. The quantitative estimate of drug-likeness (QED) is 0.644. The molecule has 0 atom stereocenters. The number of hydrogen-bond acceptors (Lipinski definition) is 2. The Morgan fingerprint density at radius 2 is 1.80 bits per heavy atom. The third kappa shape index (κ3) is 2.77. The number of amides is 1.